The summed E-state index contributed by atoms with van der Waals surface area (Å²) in [6.45, 7) is 4.67. The van der Waals surface area contributed by atoms with Gasteiger partial charge in [0.2, 0.25) is 5.91 Å². The molecule has 0 aliphatic heterocycles. The first kappa shape index (κ1) is 65.2. The van der Waals surface area contributed by atoms with Gasteiger partial charge in [-0.15, -0.1) is 0 Å². The van der Waals surface area contributed by atoms with Crippen LogP contribution in [-0.4, -0.2) is 73.4 Å². The molecule has 8 nitrogen and oxygen atoms in total. The number of quaternary nitrogens is 1. The Balaban J connectivity index is 4.35. The zero-order chi connectivity index (χ0) is 49.9. The van der Waals surface area contributed by atoms with E-state index in [-0.39, 0.29) is 19.1 Å². The largest absolute Gasteiger partial charge is 0.472 e. The number of hydrogen-bond acceptors (Lipinski definition) is 5. The molecule has 0 radical (unpaired) electrons. The van der Waals surface area contributed by atoms with Gasteiger partial charge in [-0.3, -0.25) is 13.8 Å². The lowest BCUT2D eigenvalue weighted by Crippen LogP contribution is -2.45. The molecule has 3 unspecified atom stereocenters. The lowest BCUT2D eigenvalue weighted by molar-refractivity contribution is -0.870. The molecule has 0 fully saturated rings. The van der Waals surface area contributed by atoms with E-state index in [1.807, 2.05) is 27.2 Å². The Hall–Kier alpha value is -2.84. The summed E-state index contributed by atoms with van der Waals surface area (Å²) < 4.78 is 23.7. The van der Waals surface area contributed by atoms with E-state index in [9.17, 15) is 19.4 Å². The first-order valence-electron chi connectivity index (χ1n) is 27.3. The molecule has 0 aromatic heterocycles. The minimum Gasteiger partial charge on any atom is -0.387 e. The highest BCUT2D eigenvalue weighted by atomic mass is 31.2. The van der Waals surface area contributed by atoms with Crippen LogP contribution in [-0.2, 0) is 18.4 Å². The number of likely N-dealkylation sites (N-methyl/N-ethyl adjacent to an activating group) is 1. The molecule has 68 heavy (non-hydrogen) atoms. The maximum absolute atomic E-state index is 13.0. The first-order valence-corrected chi connectivity index (χ1v) is 28.8. The highest BCUT2D eigenvalue weighted by Gasteiger charge is 2.27. The monoisotopic (exact) mass is 968 g/mol. The Morgan fingerprint density at radius 1 is 0.515 bits per heavy atom. The van der Waals surface area contributed by atoms with Crippen molar-refractivity contribution in [1.29, 1.82) is 0 Å². The predicted octanol–water partition coefficient (Wildman–Crippen LogP) is 16.4. The average molecular weight is 968 g/mol. The third kappa shape index (κ3) is 51.0. The molecule has 390 valence electrons. The van der Waals surface area contributed by atoms with Crippen LogP contribution in [0.4, 0.5) is 0 Å². The topological polar surface area (TPSA) is 105 Å². The zero-order valence-corrected chi connectivity index (χ0v) is 45.2. The van der Waals surface area contributed by atoms with Crippen molar-refractivity contribution < 1.29 is 32.9 Å². The number of rotatable bonds is 48. The van der Waals surface area contributed by atoms with Crippen molar-refractivity contribution >= 4 is 13.7 Å². The van der Waals surface area contributed by atoms with Crippen LogP contribution < -0.4 is 5.32 Å². The van der Waals surface area contributed by atoms with Crippen molar-refractivity contribution in [3.8, 4) is 0 Å². The fourth-order valence-electron chi connectivity index (χ4n) is 7.23. The molecule has 0 saturated heterocycles. The fraction of sp³-hybridized carbons (Fsp3) is 0.678. The van der Waals surface area contributed by atoms with E-state index >= 15 is 0 Å². The second-order valence-electron chi connectivity index (χ2n) is 19.2. The highest BCUT2D eigenvalue weighted by molar-refractivity contribution is 7.47. The number of amides is 1. The van der Waals surface area contributed by atoms with Crippen LogP contribution in [0.1, 0.15) is 206 Å². The summed E-state index contributed by atoms with van der Waals surface area (Å²) in [5.74, 6) is -0.206. The van der Waals surface area contributed by atoms with Gasteiger partial charge in [-0.1, -0.05) is 226 Å². The van der Waals surface area contributed by atoms with Crippen LogP contribution in [0.15, 0.2) is 109 Å². The molecule has 0 bridgehead atoms. The van der Waals surface area contributed by atoms with Crippen molar-refractivity contribution in [1.82, 2.24) is 5.32 Å². The van der Waals surface area contributed by atoms with Gasteiger partial charge >= 0.3 is 7.82 Å². The van der Waals surface area contributed by atoms with Crippen LogP contribution in [0.2, 0.25) is 0 Å². The van der Waals surface area contributed by atoms with Crippen molar-refractivity contribution in [3.05, 3.63) is 109 Å². The number of phosphoric ester groups is 1. The number of phosphoric acid groups is 1. The molecule has 0 spiro atoms. The molecule has 0 aromatic carbocycles. The van der Waals surface area contributed by atoms with Crippen molar-refractivity contribution in [3.63, 3.8) is 0 Å². The van der Waals surface area contributed by atoms with Crippen LogP contribution in [0.3, 0.4) is 0 Å². The highest BCUT2D eigenvalue weighted by Crippen LogP contribution is 2.43. The molecular weight excluding hydrogens is 864 g/mol. The summed E-state index contributed by atoms with van der Waals surface area (Å²) in [5.41, 5.74) is 0. The molecule has 3 N–H and O–H groups in total. The van der Waals surface area contributed by atoms with Crippen LogP contribution in [0, 0.1) is 0 Å². The third-order valence-electron chi connectivity index (χ3n) is 11.5. The standard InChI is InChI=1S/C59H103N2O6P/c1-6-8-10-12-14-16-18-20-22-24-25-26-27-28-29-30-31-32-33-34-35-37-39-41-43-45-47-49-51-53-59(63)60-57(56-67-68(64,65)66-55-54-61(3,4)5)58(62)52-50-48-46-44-42-40-38-36-23-21-19-17-15-13-11-9-7-2/h8,10,14,16,20,22,25-26,28-29,31-32,34-35,39,41,50,52,57-58,62H,6-7,9,11-13,15,17-19,21,23-24,27,30,33,36-38,40,42-49,51,53-56H2,1-5H3,(H-,60,63,64,65)/p+1/b10-8-,16-14-,22-20-,26-25-,29-28-,32-31-,35-34-,41-39-,52-50+. The van der Waals surface area contributed by atoms with Gasteiger partial charge in [0.25, 0.3) is 0 Å². The van der Waals surface area contributed by atoms with Crippen LogP contribution in [0.25, 0.3) is 0 Å². The molecule has 9 heteroatoms. The van der Waals surface area contributed by atoms with Gasteiger partial charge in [0, 0.05) is 6.42 Å². The Kier molecular flexibility index (Phi) is 47.1. The summed E-state index contributed by atoms with van der Waals surface area (Å²) in [6.07, 6.45) is 71.7. The lowest BCUT2D eigenvalue weighted by Gasteiger charge is -2.25. The molecule has 1 amide bonds. The minimum atomic E-state index is -4.36. The zero-order valence-electron chi connectivity index (χ0n) is 44.3. The van der Waals surface area contributed by atoms with Gasteiger partial charge in [-0.05, 0) is 83.5 Å². The first-order chi connectivity index (χ1) is 33.0. The van der Waals surface area contributed by atoms with Gasteiger partial charge in [-0.25, -0.2) is 4.57 Å². The van der Waals surface area contributed by atoms with Crippen LogP contribution in [0.5, 0.6) is 0 Å². The Morgan fingerprint density at radius 2 is 0.882 bits per heavy atom. The number of unbranched alkanes of at least 4 members (excludes halogenated alkanes) is 19. The summed E-state index contributed by atoms with van der Waals surface area (Å²) in [5, 5.41) is 13.9. The average Bonchev–Trinajstić information content (AvgIpc) is 3.30. The number of allylic oxidation sites excluding steroid dienone is 17. The van der Waals surface area contributed by atoms with Crippen molar-refractivity contribution in [2.45, 2.75) is 219 Å². The predicted molar refractivity (Wildman–Crippen MR) is 295 cm³/mol. The molecule has 0 aliphatic carbocycles. The summed E-state index contributed by atoms with van der Waals surface area (Å²) in [7, 11) is 1.54. The van der Waals surface area contributed by atoms with E-state index in [4.69, 9.17) is 9.05 Å². The Bertz CT molecular complexity index is 1470. The van der Waals surface area contributed by atoms with E-state index in [0.717, 1.165) is 103 Å². The Morgan fingerprint density at radius 3 is 1.29 bits per heavy atom. The van der Waals surface area contributed by atoms with E-state index in [2.05, 4.69) is 116 Å². The SMILES string of the molecule is CC/C=C\C/C=C\C/C=C\C/C=C\C/C=C\C/C=C\C/C=C\C/C=C\CCCCCCC(=O)NC(COP(=O)(O)OCC[N+](C)(C)C)C(O)/C=C/CCCCCCCCCCCCCCCCC. The van der Waals surface area contributed by atoms with Gasteiger partial charge in [-0.2, -0.15) is 0 Å². The van der Waals surface area contributed by atoms with E-state index in [1.165, 1.54) is 83.5 Å². The van der Waals surface area contributed by atoms with Crippen LogP contribution >= 0.6 is 7.82 Å². The van der Waals surface area contributed by atoms with Gasteiger partial charge < -0.3 is 19.8 Å². The van der Waals surface area contributed by atoms with Crippen molar-refractivity contribution in [2.75, 3.05) is 40.9 Å². The molecule has 0 heterocycles. The molecular formula is C59H104N2O6P+. The number of nitrogens with zero attached hydrogens (tertiary/aromatic N) is 1. The van der Waals surface area contributed by atoms with Gasteiger partial charge in [0.05, 0.1) is 39.9 Å². The molecule has 0 saturated carbocycles. The Labute approximate surface area is 419 Å². The van der Waals surface area contributed by atoms with E-state index in [1.54, 1.807) is 6.08 Å². The molecule has 3 atom stereocenters. The summed E-state index contributed by atoms with van der Waals surface area (Å²) in [4.78, 5) is 23.3. The van der Waals surface area contributed by atoms with Gasteiger partial charge in [0.15, 0.2) is 0 Å². The number of carbonyl (C=O) groups excluding carboxylic acids is 1. The fourth-order valence-corrected chi connectivity index (χ4v) is 7.97. The number of hydrogen-bond donors (Lipinski definition) is 3. The summed E-state index contributed by atoms with van der Waals surface area (Å²) >= 11 is 0. The van der Waals surface area contributed by atoms with E-state index in [0.29, 0.717) is 17.4 Å². The summed E-state index contributed by atoms with van der Waals surface area (Å²) in [6, 6.07) is -0.868. The second-order valence-corrected chi connectivity index (χ2v) is 20.7. The van der Waals surface area contributed by atoms with Crippen molar-refractivity contribution in [2.24, 2.45) is 0 Å². The maximum atomic E-state index is 13.0. The molecule has 0 rings (SSSR count). The maximum Gasteiger partial charge on any atom is 0.472 e. The quantitative estimate of drug-likeness (QED) is 0.0243. The molecule has 0 aromatic rings. The number of aliphatic hydroxyl groups excluding tert-OH is 1. The number of carbonyl (C=O) groups is 1. The molecule has 0 aliphatic rings. The lowest BCUT2D eigenvalue weighted by atomic mass is 10.0. The third-order valence-corrected chi connectivity index (χ3v) is 12.5. The second kappa shape index (κ2) is 49.2. The number of aliphatic hydroxyl groups is 1. The minimum absolute atomic E-state index is 0.0502. The smallest absolute Gasteiger partial charge is 0.387 e. The van der Waals surface area contributed by atoms with E-state index < -0.39 is 20.0 Å². The number of nitrogens with one attached hydrogen (secondary N) is 1. The van der Waals surface area contributed by atoms with Gasteiger partial charge in [0.1, 0.15) is 13.2 Å². The normalized spacial score (nSPS) is 14.9.